The lowest BCUT2D eigenvalue weighted by molar-refractivity contribution is 0.122. The Hall–Kier alpha value is -2.20. The minimum absolute atomic E-state index is 0. The number of aliphatic imine (C=N–C) groups is 1. The zero-order valence-corrected chi connectivity index (χ0v) is 22.0. The Morgan fingerprint density at radius 1 is 0.970 bits per heavy atom. The van der Waals surface area contributed by atoms with Crippen molar-refractivity contribution in [2.45, 2.75) is 13.5 Å². The van der Waals surface area contributed by atoms with E-state index in [2.05, 4.69) is 69.4 Å². The second-order valence-electron chi connectivity index (χ2n) is 8.07. The molecule has 4 rings (SSSR count). The van der Waals surface area contributed by atoms with E-state index in [-0.39, 0.29) is 24.0 Å². The van der Waals surface area contributed by atoms with E-state index in [0.717, 1.165) is 70.7 Å². The molecule has 2 aliphatic heterocycles. The number of anilines is 2. The second kappa shape index (κ2) is 12.9. The Bertz CT molecular complexity index is 896. The lowest BCUT2D eigenvalue weighted by Crippen LogP contribution is -2.52. The highest BCUT2D eigenvalue weighted by molar-refractivity contribution is 14.0. The number of hydrogen-bond donors (Lipinski definition) is 1. The first-order valence-electron chi connectivity index (χ1n) is 11.6. The van der Waals surface area contributed by atoms with Crippen molar-refractivity contribution in [2.24, 2.45) is 4.99 Å². The molecule has 2 aliphatic rings. The average molecular weight is 566 g/mol. The number of para-hydroxylation sites is 1. The molecule has 0 spiro atoms. The summed E-state index contributed by atoms with van der Waals surface area (Å²) in [5.74, 6) is 1.90. The summed E-state index contributed by atoms with van der Waals surface area (Å²) in [4.78, 5) is 12.2. The molecule has 0 aliphatic carbocycles. The van der Waals surface area contributed by atoms with Gasteiger partial charge in [-0.2, -0.15) is 0 Å². The molecule has 8 heteroatoms. The van der Waals surface area contributed by atoms with Gasteiger partial charge < -0.3 is 29.5 Å². The number of methoxy groups -OCH3 is 1. The molecule has 2 aromatic carbocycles. The SMILES string of the molecule is CCNC(=NCc1ccccc1N1CCOCC1)N1CCN(c2cccc(OC)c2)CC1.I. The predicted octanol–water partition coefficient (Wildman–Crippen LogP) is 3.44. The van der Waals surface area contributed by atoms with Crippen LogP contribution in [0.15, 0.2) is 53.5 Å². The molecule has 7 nitrogen and oxygen atoms in total. The standard InChI is InChI=1S/C25H35N5O2.HI/c1-3-26-25(27-20-21-7-4-5-10-24(21)29-15-17-32-18-16-29)30-13-11-28(12-14-30)22-8-6-9-23(19-22)31-2;/h4-10,19H,3,11-18,20H2,1-2H3,(H,26,27);1H. The summed E-state index contributed by atoms with van der Waals surface area (Å²) in [6, 6.07) is 16.9. The molecule has 180 valence electrons. The van der Waals surface area contributed by atoms with Crippen molar-refractivity contribution in [1.82, 2.24) is 10.2 Å². The lowest BCUT2D eigenvalue weighted by Gasteiger charge is -2.38. The summed E-state index contributed by atoms with van der Waals surface area (Å²) < 4.78 is 10.9. The molecule has 33 heavy (non-hydrogen) atoms. The predicted molar refractivity (Wildman–Crippen MR) is 146 cm³/mol. The number of piperazine rings is 1. The maximum atomic E-state index is 5.53. The number of ether oxygens (including phenoxy) is 2. The number of benzene rings is 2. The van der Waals surface area contributed by atoms with Crippen molar-refractivity contribution in [2.75, 3.05) is 75.9 Å². The van der Waals surface area contributed by atoms with Crippen LogP contribution in [0.1, 0.15) is 12.5 Å². The van der Waals surface area contributed by atoms with Crippen molar-refractivity contribution in [3.63, 3.8) is 0 Å². The summed E-state index contributed by atoms with van der Waals surface area (Å²) in [6.45, 7) is 10.9. The summed E-state index contributed by atoms with van der Waals surface area (Å²) in [6.07, 6.45) is 0. The van der Waals surface area contributed by atoms with Gasteiger partial charge in [-0.05, 0) is 30.7 Å². The topological polar surface area (TPSA) is 52.6 Å². The molecule has 0 aromatic heterocycles. The highest BCUT2D eigenvalue weighted by atomic mass is 127. The molecule has 0 radical (unpaired) electrons. The molecular weight excluding hydrogens is 529 g/mol. The Kier molecular flexibility index (Phi) is 9.93. The van der Waals surface area contributed by atoms with Crippen LogP contribution in [0.5, 0.6) is 5.75 Å². The molecule has 1 N–H and O–H groups in total. The van der Waals surface area contributed by atoms with Gasteiger partial charge in [-0.3, -0.25) is 0 Å². The van der Waals surface area contributed by atoms with Gasteiger partial charge in [0, 0.05) is 63.3 Å². The fraction of sp³-hybridized carbons (Fsp3) is 0.480. The van der Waals surface area contributed by atoms with E-state index in [1.165, 1.54) is 16.9 Å². The Labute approximate surface area is 214 Å². The van der Waals surface area contributed by atoms with Crippen LogP contribution >= 0.6 is 24.0 Å². The zero-order valence-electron chi connectivity index (χ0n) is 19.7. The molecule has 2 aromatic rings. The van der Waals surface area contributed by atoms with Gasteiger partial charge in [0.15, 0.2) is 5.96 Å². The number of nitrogens with zero attached hydrogens (tertiary/aromatic N) is 4. The maximum Gasteiger partial charge on any atom is 0.194 e. The van der Waals surface area contributed by atoms with Gasteiger partial charge in [0.25, 0.3) is 0 Å². The molecule has 2 fully saturated rings. The van der Waals surface area contributed by atoms with Crippen LogP contribution in [0.2, 0.25) is 0 Å². The highest BCUT2D eigenvalue weighted by Gasteiger charge is 2.20. The van der Waals surface area contributed by atoms with Gasteiger partial charge in [-0.1, -0.05) is 24.3 Å². The first-order valence-corrected chi connectivity index (χ1v) is 11.6. The molecule has 0 amide bonds. The van der Waals surface area contributed by atoms with Gasteiger partial charge in [-0.15, -0.1) is 24.0 Å². The van der Waals surface area contributed by atoms with Gasteiger partial charge in [0.1, 0.15) is 5.75 Å². The smallest absolute Gasteiger partial charge is 0.194 e. The van der Waals surface area contributed by atoms with Crippen LogP contribution < -0.4 is 19.9 Å². The molecule has 2 heterocycles. The fourth-order valence-electron chi connectivity index (χ4n) is 4.33. The summed E-state index contributed by atoms with van der Waals surface area (Å²) in [5.41, 5.74) is 3.75. The third-order valence-electron chi connectivity index (χ3n) is 6.08. The number of nitrogens with one attached hydrogen (secondary N) is 1. The normalized spacial score (nSPS) is 16.9. The van der Waals surface area contributed by atoms with Gasteiger partial charge in [0.2, 0.25) is 0 Å². The zero-order chi connectivity index (χ0) is 22.2. The summed E-state index contributed by atoms with van der Waals surface area (Å²) >= 11 is 0. The highest BCUT2D eigenvalue weighted by Crippen LogP contribution is 2.24. The number of guanidine groups is 1. The van der Waals surface area contributed by atoms with Crippen molar-refractivity contribution in [3.8, 4) is 5.75 Å². The van der Waals surface area contributed by atoms with E-state index in [1.54, 1.807) is 7.11 Å². The third kappa shape index (κ3) is 6.66. The number of halogens is 1. The minimum atomic E-state index is 0. The molecule has 0 saturated carbocycles. The number of hydrogen-bond acceptors (Lipinski definition) is 5. The average Bonchev–Trinajstić information content (AvgIpc) is 2.87. The van der Waals surface area contributed by atoms with Crippen LogP contribution in [0.25, 0.3) is 0 Å². The molecule has 2 saturated heterocycles. The van der Waals surface area contributed by atoms with Gasteiger partial charge in [0.05, 0.1) is 26.9 Å². The van der Waals surface area contributed by atoms with Crippen molar-refractivity contribution >= 4 is 41.3 Å². The molecular formula is C25H36IN5O2. The molecule has 0 bridgehead atoms. The van der Waals surface area contributed by atoms with Crippen LogP contribution in [-0.4, -0.2) is 77.0 Å². The van der Waals surface area contributed by atoms with Crippen LogP contribution in [0, 0.1) is 0 Å². The Morgan fingerprint density at radius 2 is 1.73 bits per heavy atom. The van der Waals surface area contributed by atoms with Crippen molar-refractivity contribution in [1.29, 1.82) is 0 Å². The van der Waals surface area contributed by atoms with E-state index in [9.17, 15) is 0 Å². The lowest BCUT2D eigenvalue weighted by atomic mass is 10.1. The van der Waals surface area contributed by atoms with Crippen LogP contribution in [-0.2, 0) is 11.3 Å². The maximum absolute atomic E-state index is 5.53. The summed E-state index contributed by atoms with van der Waals surface area (Å²) in [7, 11) is 1.72. The van der Waals surface area contributed by atoms with Crippen LogP contribution in [0.4, 0.5) is 11.4 Å². The Morgan fingerprint density at radius 3 is 2.45 bits per heavy atom. The van der Waals surface area contributed by atoms with Gasteiger partial charge in [-0.25, -0.2) is 4.99 Å². The quantitative estimate of drug-likeness (QED) is 0.329. The number of morpholine rings is 1. The van der Waals surface area contributed by atoms with Crippen molar-refractivity contribution in [3.05, 3.63) is 54.1 Å². The van der Waals surface area contributed by atoms with E-state index in [0.29, 0.717) is 6.54 Å². The fourth-order valence-corrected chi connectivity index (χ4v) is 4.33. The minimum Gasteiger partial charge on any atom is -0.497 e. The van der Waals surface area contributed by atoms with Crippen LogP contribution in [0.3, 0.4) is 0 Å². The van der Waals surface area contributed by atoms with E-state index in [1.807, 2.05) is 6.07 Å². The molecule has 0 unspecified atom stereocenters. The largest absolute Gasteiger partial charge is 0.497 e. The Balaban J connectivity index is 0.00000306. The van der Waals surface area contributed by atoms with Crippen molar-refractivity contribution < 1.29 is 9.47 Å². The van der Waals surface area contributed by atoms with E-state index < -0.39 is 0 Å². The van der Waals surface area contributed by atoms with E-state index >= 15 is 0 Å². The number of rotatable bonds is 6. The first-order chi connectivity index (χ1) is 15.8. The monoisotopic (exact) mass is 565 g/mol. The van der Waals surface area contributed by atoms with E-state index in [4.69, 9.17) is 14.5 Å². The summed E-state index contributed by atoms with van der Waals surface area (Å²) in [5, 5.41) is 3.50. The third-order valence-corrected chi connectivity index (χ3v) is 6.08. The first kappa shape index (κ1) is 25.4. The second-order valence-corrected chi connectivity index (χ2v) is 8.07. The molecule has 0 atom stereocenters. The van der Waals surface area contributed by atoms with Gasteiger partial charge >= 0.3 is 0 Å².